The smallest absolute Gasteiger partial charge is 0.292 e. The molecule has 10 heteroatoms. The number of para-hydroxylation sites is 2. The van der Waals surface area contributed by atoms with Crippen LogP contribution in [-0.2, 0) is 4.79 Å². The number of aromatic nitrogens is 3. The van der Waals surface area contributed by atoms with E-state index < -0.39 is 0 Å². The summed E-state index contributed by atoms with van der Waals surface area (Å²) in [7, 11) is 0. The number of nitro benzene ring substituents is 1. The molecule has 0 spiro atoms. The Morgan fingerprint density at radius 3 is 2.53 bits per heavy atom. The molecule has 1 saturated heterocycles. The fourth-order valence-electron chi connectivity index (χ4n) is 3.80. The quantitative estimate of drug-likeness (QED) is 0.322. The first-order valence-electron chi connectivity index (χ1n) is 10.3. The van der Waals surface area contributed by atoms with Gasteiger partial charge in [0.15, 0.2) is 5.16 Å². The van der Waals surface area contributed by atoms with E-state index >= 15 is 0 Å². The van der Waals surface area contributed by atoms with E-state index in [0.29, 0.717) is 37.0 Å². The minimum absolute atomic E-state index is 0.0219. The van der Waals surface area contributed by atoms with Gasteiger partial charge in [0.05, 0.1) is 10.7 Å². The van der Waals surface area contributed by atoms with E-state index in [1.807, 2.05) is 41.5 Å². The number of thioether (sulfide) groups is 1. The fourth-order valence-corrected chi connectivity index (χ4v) is 4.70. The molecule has 3 aromatic rings. The Hall–Kier alpha value is -3.40. The molecule has 1 aliphatic rings. The van der Waals surface area contributed by atoms with E-state index in [2.05, 4.69) is 16.3 Å². The van der Waals surface area contributed by atoms with Crippen molar-refractivity contribution >= 4 is 29.0 Å². The number of aryl methyl sites for hydroxylation is 2. The van der Waals surface area contributed by atoms with Gasteiger partial charge in [-0.3, -0.25) is 19.5 Å². The lowest BCUT2D eigenvalue weighted by atomic mass is 10.2. The van der Waals surface area contributed by atoms with Gasteiger partial charge in [-0.25, -0.2) is 0 Å². The van der Waals surface area contributed by atoms with Gasteiger partial charge in [-0.1, -0.05) is 36.0 Å². The number of nitro groups is 1. The number of amides is 1. The van der Waals surface area contributed by atoms with Crippen molar-refractivity contribution in [3.63, 3.8) is 0 Å². The molecule has 0 unspecified atom stereocenters. The number of carbonyl (C=O) groups excluding carboxylic acids is 1. The Morgan fingerprint density at radius 1 is 1.06 bits per heavy atom. The molecule has 32 heavy (non-hydrogen) atoms. The topological polar surface area (TPSA) is 97.4 Å². The van der Waals surface area contributed by atoms with Crippen LogP contribution in [0.2, 0.25) is 0 Å². The largest absolute Gasteiger partial charge is 0.362 e. The summed E-state index contributed by atoms with van der Waals surface area (Å²) in [6.07, 6.45) is 0. The Labute approximate surface area is 190 Å². The summed E-state index contributed by atoms with van der Waals surface area (Å²) in [6, 6.07) is 14.8. The van der Waals surface area contributed by atoms with Crippen molar-refractivity contribution < 1.29 is 9.72 Å². The minimum Gasteiger partial charge on any atom is -0.362 e. The first-order valence-corrected chi connectivity index (χ1v) is 11.3. The Morgan fingerprint density at radius 2 is 1.81 bits per heavy atom. The van der Waals surface area contributed by atoms with Crippen molar-refractivity contribution in [2.75, 3.05) is 36.8 Å². The van der Waals surface area contributed by atoms with Gasteiger partial charge in [0.1, 0.15) is 11.5 Å². The van der Waals surface area contributed by atoms with Crippen LogP contribution in [0.5, 0.6) is 0 Å². The van der Waals surface area contributed by atoms with Crippen LogP contribution >= 0.6 is 11.8 Å². The average Bonchev–Trinajstić information content (AvgIpc) is 3.17. The number of rotatable bonds is 6. The van der Waals surface area contributed by atoms with Crippen LogP contribution in [0, 0.1) is 24.0 Å². The van der Waals surface area contributed by atoms with Crippen LogP contribution in [0.1, 0.15) is 11.4 Å². The third-order valence-corrected chi connectivity index (χ3v) is 6.34. The molecule has 4 rings (SSSR count). The minimum atomic E-state index is -0.365. The van der Waals surface area contributed by atoms with Gasteiger partial charge >= 0.3 is 0 Å². The van der Waals surface area contributed by atoms with Crippen LogP contribution in [0.15, 0.2) is 53.7 Å². The molecule has 2 heterocycles. The normalized spacial score (nSPS) is 13.9. The van der Waals surface area contributed by atoms with Crippen molar-refractivity contribution in [2.45, 2.75) is 19.0 Å². The molecule has 0 bridgehead atoms. The van der Waals surface area contributed by atoms with Crippen LogP contribution in [0.25, 0.3) is 5.69 Å². The molecule has 166 valence electrons. The maximum atomic E-state index is 12.8. The fraction of sp³-hybridized carbons (Fsp3) is 0.318. The molecule has 9 nitrogen and oxygen atoms in total. The van der Waals surface area contributed by atoms with Gasteiger partial charge in [-0.15, -0.1) is 10.2 Å². The molecular formula is C22H24N6O3S. The van der Waals surface area contributed by atoms with Crippen molar-refractivity contribution in [2.24, 2.45) is 0 Å². The van der Waals surface area contributed by atoms with Crippen molar-refractivity contribution in [1.29, 1.82) is 0 Å². The second-order valence-corrected chi connectivity index (χ2v) is 8.55. The van der Waals surface area contributed by atoms with E-state index in [9.17, 15) is 14.9 Å². The third-order valence-electron chi connectivity index (χ3n) is 5.43. The standard InChI is InChI=1S/C22H24N6O3S/c1-16-6-5-7-18(14-16)27-17(2)23-24-22(27)32-15-21(29)26-12-10-25(11-13-26)19-8-3-4-9-20(19)28(30)31/h3-9,14H,10-13,15H2,1-2H3. The van der Waals surface area contributed by atoms with Crippen molar-refractivity contribution in [1.82, 2.24) is 19.7 Å². The molecule has 2 aromatic carbocycles. The van der Waals surface area contributed by atoms with Crippen LogP contribution in [0.4, 0.5) is 11.4 Å². The van der Waals surface area contributed by atoms with Crippen LogP contribution < -0.4 is 4.90 Å². The number of carbonyl (C=O) groups is 1. The molecule has 0 aliphatic carbocycles. The van der Waals surface area contributed by atoms with E-state index in [4.69, 9.17) is 0 Å². The van der Waals surface area contributed by atoms with Gasteiger partial charge in [0.2, 0.25) is 5.91 Å². The number of benzene rings is 2. The summed E-state index contributed by atoms with van der Waals surface area (Å²) in [4.78, 5) is 27.5. The molecule has 1 fully saturated rings. The zero-order valence-corrected chi connectivity index (χ0v) is 18.8. The van der Waals surface area contributed by atoms with E-state index in [1.54, 1.807) is 23.1 Å². The predicted octanol–water partition coefficient (Wildman–Crippen LogP) is 3.23. The first-order chi connectivity index (χ1) is 15.4. The molecule has 1 aliphatic heterocycles. The first kappa shape index (κ1) is 21.8. The lowest BCUT2D eigenvalue weighted by molar-refractivity contribution is -0.384. The summed E-state index contributed by atoms with van der Waals surface area (Å²) in [5.74, 6) is 1.05. The number of anilines is 1. The number of piperazine rings is 1. The highest BCUT2D eigenvalue weighted by atomic mass is 32.2. The molecular weight excluding hydrogens is 428 g/mol. The van der Waals surface area contributed by atoms with Crippen molar-refractivity contribution in [3.8, 4) is 5.69 Å². The van der Waals surface area contributed by atoms with Gasteiger partial charge in [0, 0.05) is 37.9 Å². The summed E-state index contributed by atoms with van der Waals surface area (Å²) in [5.41, 5.74) is 2.80. The molecule has 0 atom stereocenters. The van der Waals surface area contributed by atoms with Gasteiger partial charge in [-0.2, -0.15) is 0 Å². The second kappa shape index (κ2) is 9.39. The summed E-state index contributed by atoms with van der Waals surface area (Å²) < 4.78 is 1.96. The van der Waals surface area contributed by atoms with E-state index in [1.165, 1.54) is 17.8 Å². The number of hydrogen-bond donors (Lipinski definition) is 0. The predicted molar refractivity (Wildman–Crippen MR) is 123 cm³/mol. The lowest BCUT2D eigenvalue weighted by Crippen LogP contribution is -2.49. The third kappa shape index (κ3) is 4.59. The number of nitrogens with zero attached hydrogens (tertiary/aromatic N) is 6. The monoisotopic (exact) mass is 452 g/mol. The van der Waals surface area contributed by atoms with E-state index in [0.717, 1.165) is 17.1 Å². The molecule has 1 amide bonds. The van der Waals surface area contributed by atoms with Gasteiger partial charge in [0.25, 0.3) is 5.69 Å². The summed E-state index contributed by atoms with van der Waals surface area (Å²) >= 11 is 1.37. The second-order valence-electron chi connectivity index (χ2n) is 7.61. The lowest BCUT2D eigenvalue weighted by Gasteiger charge is -2.35. The maximum Gasteiger partial charge on any atom is 0.292 e. The highest BCUT2D eigenvalue weighted by Gasteiger charge is 2.26. The summed E-state index contributed by atoms with van der Waals surface area (Å²) in [6.45, 7) is 6.08. The maximum absolute atomic E-state index is 12.8. The highest BCUT2D eigenvalue weighted by Crippen LogP contribution is 2.28. The number of hydrogen-bond acceptors (Lipinski definition) is 7. The van der Waals surface area contributed by atoms with E-state index in [-0.39, 0.29) is 22.3 Å². The molecule has 0 N–H and O–H groups in total. The molecule has 1 aromatic heterocycles. The zero-order chi connectivity index (χ0) is 22.7. The zero-order valence-electron chi connectivity index (χ0n) is 18.0. The van der Waals surface area contributed by atoms with Crippen molar-refractivity contribution in [3.05, 3.63) is 70.0 Å². The average molecular weight is 453 g/mol. The Kier molecular flexibility index (Phi) is 6.40. The SMILES string of the molecule is Cc1cccc(-n2c(C)nnc2SCC(=O)N2CCN(c3ccccc3[N+](=O)[O-])CC2)c1. The Bertz CT molecular complexity index is 1140. The highest BCUT2D eigenvalue weighted by molar-refractivity contribution is 7.99. The summed E-state index contributed by atoms with van der Waals surface area (Å²) in [5, 5.41) is 20.4. The molecule has 0 saturated carbocycles. The Balaban J connectivity index is 1.38. The van der Waals surface area contributed by atoms with Gasteiger partial charge < -0.3 is 9.80 Å². The van der Waals surface area contributed by atoms with Crippen LogP contribution in [-0.4, -0.2) is 62.4 Å². The van der Waals surface area contributed by atoms with Crippen LogP contribution in [0.3, 0.4) is 0 Å². The van der Waals surface area contributed by atoms with Gasteiger partial charge in [-0.05, 0) is 37.6 Å². The molecule has 0 radical (unpaired) electrons.